The number of carboxylic acid groups (broad SMARTS) is 1. The number of ketones is 1. The number of hydrogen-bond donors (Lipinski definition) is 1. The van der Waals surface area contributed by atoms with Crippen LogP contribution in [0, 0.1) is 25.7 Å². The minimum absolute atomic E-state index is 0.0318. The van der Waals surface area contributed by atoms with Crippen LogP contribution in [0.4, 0.5) is 0 Å². The van der Waals surface area contributed by atoms with Gasteiger partial charge in [0.15, 0.2) is 11.4 Å². The largest absolute Gasteiger partial charge is 0.478 e. The molecule has 6 nitrogen and oxygen atoms in total. The number of rotatable bonds is 8. The van der Waals surface area contributed by atoms with Crippen LogP contribution in [0.2, 0.25) is 0 Å². The number of benzene rings is 2. The lowest BCUT2D eigenvalue weighted by atomic mass is 9.82. The molecule has 3 rings (SSSR count). The Balaban J connectivity index is 1.99. The van der Waals surface area contributed by atoms with E-state index in [1.165, 1.54) is 13.8 Å². The summed E-state index contributed by atoms with van der Waals surface area (Å²) in [6, 6.07) is 11.5. The summed E-state index contributed by atoms with van der Waals surface area (Å²) >= 11 is 1.62. The van der Waals surface area contributed by atoms with Crippen molar-refractivity contribution in [2.45, 2.75) is 58.0 Å². The van der Waals surface area contributed by atoms with Crippen LogP contribution in [0.15, 0.2) is 41.3 Å². The van der Waals surface area contributed by atoms with Crippen molar-refractivity contribution >= 4 is 29.4 Å². The third-order valence-electron chi connectivity index (χ3n) is 6.62. The van der Waals surface area contributed by atoms with E-state index in [1.807, 2.05) is 70.3 Å². The Kier molecular flexibility index (Phi) is 8.00. The van der Waals surface area contributed by atoms with Gasteiger partial charge in [0.25, 0.3) is 0 Å². The van der Waals surface area contributed by atoms with Crippen molar-refractivity contribution in [1.29, 1.82) is 0 Å². The lowest BCUT2D eigenvalue weighted by molar-refractivity contribution is -0.152. The highest BCUT2D eigenvalue weighted by atomic mass is 32.2. The lowest BCUT2D eigenvalue weighted by Gasteiger charge is -2.26. The average molecular weight is 498 g/mol. The summed E-state index contributed by atoms with van der Waals surface area (Å²) in [5, 5.41) is 9.47. The predicted octanol–water partition coefficient (Wildman–Crippen LogP) is 5.35. The van der Waals surface area contributed by atoms with Crippen LogP contribution in [-0.2, 0) is 9.59 Å². The molecule has 188 valence electrons. The molecule has 1 aliphatic rings. The zero-order valence-electron chi connectivity index (χ0n) is 21.5. The van der Waals surface area contributed by atoms with E-state index in [4.69, 9.17) is 4.74 Å². The number of nitrogens with zero attached hydrogens (tertiary/aromatic N) is 1. The molecule has 0 bridgehead atoms. The Morgan fingerprint density at radius 1 is 1.06 bits per heavy atom. The molecule has 35 heavy (non-hydrogen) atoms. The Labute approximate surface area is 212 Å². The van der Waals surface area contributed by atoms with Gasteiger partial charge in [-0.3, -0.25) is 9.59 Å². The third-order valence-corrected chi connectivity index (χ3v) is 7.36. The van der Waals surface area contributed by atoms with Crippen LogP contribution in [0.3, 0.4) is 0 Å². The van der Waals surface area contributed by atoms with Gasteiger partial charge in [-0.2, -0.15) is 0 Å². The fraction of sp³-hybridized carbons (Fsp3) is 0.464. The van der Waals surface area contributed by atoms with E-state index in [9.17, 15) is 19.5 Å². The second kappa shape index (κ2) is 10.4. The van der Waals surface area contributed by atoms with Crippen LogP contribution in [-0.4, -0.2) is 52.6 Å². The minimum atomic E-state index is -1.37. The van der Waals surface area contributed by atoms with Crippen LogP contribution in [0.5, 0.6) is 5.75 Å². The second-order valence-corrected chi connectivity index (χ2v) is 11.0. The lowest BCUT2D eigenvalue weighted by Crippen LogP contribution is -2.38. The van der Waals surface area contributed by atoms with Crippen molar-refractivity contribution < 1.29 is 24.2 Å². The van der Waals surface area contributed by atoms with E-state index in [0.29, 0.717) is 24.4 Å². The van der Waals surface area contributed by atoms with Gasteiger partial charge in [0.1, 0.15) is 5.75 Å². The van der Waals surface area contributed by atoms with Crippen molar-refractivity contribution in [1.82, 2.24) is 4.90 Å². The van der Waals surface area contributed by atoms with Gasteiger partial charge in [-0.05, 0) is 62.8 Å². The quantitative estimate of drug-likeness (QED) is 0.391. The first kappa shape index (κ1) is 26.8. The average Bonchev–Trinajstić information content (AvgIpc) is 3.25. The van der Waals surface area contributed by atoms with E-state index < -0.39 is 11.6 Å². The highest BCUT2D eigenvalue weighted by Gasteiger charge is 2.41. The van der Waals surface area contributed by atoms with E-state index in [2.05, 4.69) is 0 Å². The summed E-state index contributed by atoms with van der Waals surface area (Å²) in [6.07, 6.45) is 1.99. The smallest absolute Gasteiger partial charge is 0.347 e. The predicted molar refractivity (Wildman–Crippen MR) is 138 cm³/mol. The van der Waals surface area contributed by atoms with Crippen LogP contribution in [0.25, 0.3) is 0 Å². The number of carbonyl (C=O) groups excluding carboxylic acids is 2. The molecule has 0 saturated carbocycles. The Morgan fingerprint density at radius 3 is 2.11 bits per heavy atom. The van der Waals surface area contributed by atoms with E-state index in [1.54, 1.807) is 16.7 Å². The number of hydrogen-bond acceptors (Lipinski definition) is 5. The molecule has 7 heteroatoms. The van der Waals surface area contributed by atoms with E-state index >= 15 is 0 Å². The Bertz CT molecular complexity index is 1100. The SMILES string of the molecule is CSc1ccc(C(=O)[C@@H]2CN(C(=O)C(C)C)C[C@H]2c2cc(C)c(OC(C)(C)C(=O)O)c(C)c2)cc1. The van der Waals surface area contributed by atoms with E-state index in [0.717, 1.165) is 21.6 Å². The molecular formula is C28H35NO5S. The van der Waals surface area contributed by atoms with Crippen LogP contribution < -0.4 is 4.74 Å². The molecule has 2 aromatic rings. The molecule has 0 aromatic heterocycles. The Morgan fingerprint density at radius 2 is 1.63 bits per heavy atom. The molecule has 1 amide bonds. The number of thioether (sulfide) groups is 1. The van der Waals surface area contributed by atoms with Gasteiger partial charge in [0, 0.05) is 41.3 Å². The van der Waals surface area contributed by atoms with Gasteiger partial charge in [0.05, 0.1) is 0 Å². The number of amides is 1. The normalized spacial score (nSPS) is 18.1. The summed E-state index contributed by atoms with van der Waals surface area (Å²) in [5.41, 5.74) is 1.84. The minimum Gasteiger partial charge on any atom is -0.478 e. The van der Waals surface area contributed by atoms with Crippen molar-refractivity contribution in [2.75, 3.05) is 19.3 Å². The molecular weight excluding hydrogens is 462 g/mol. The fourth-order valence-corrected chi connectivity index (χ4v) is 4.99. The van der Waals surface area contributed by atoms with Gasteiger partial charge < -0.3 is 14.7 Å². The van der Waals surface area contributed by atoms with Gasteiger partial charge >= 0.3 is 5.97 Å². The highest BCUT2D eigenvalue weighted by Crippen LogP contribution is 2.39. The van der Waals surface area contributed by atoms with Gasteiger partial charge in [-0.25, -0.2) is 4.79 Å². The molecule has 0 aliphatic carbocycles. The monoisotopic (exact) mass is 497 g/mol. The van der Waals surface area contributed by atoms with Gasteiger partial charge in [-0.1, -0.05) is 38.1 Å². The first-order chi connectivity index (χ1) is 16.4. The molecule has 0 radical (unpaired) electrons. The van der Waals surface area contributed by atoms with Crippen LogP contribution >= 0.6 is 11.8 Å². The molecule has 0 unspecified atom stereocenters. The molecule has 1 heterocycles. The topological polar surface area (TPSA) is 83.9 Å². The zero-order chi connectivity index (χ0) is 26.1. The summed E-state index contributed by atoms with van der Waals surface area (Å²) in [6.45, 7) is 11.4. The number of ether oxygens (including phenoxy) is 1. The summed E-state index contributed by atoms with van der Waals surface area (Å²) < 4.78 is 5.87. The molecule has 1 saturated heterocycles. The van der Waals surface area contributed by atoms with E-state index in [-0.39, 0.29) is 29.4 Å². The standard InChI is InChI=1S/C28H35NO5S/c1-16(2)26(31)29-14-22(23(15-29)24(30)19-8-10-21(35-7)11-9-19)20-12-17(3)25(18(4)13-20)34-28(5,6)27(32)33/h8-13,16,22-23H,14-15H2,1-7H3,(H,32,33)/t22-,23+/m0/s1. The number of aryl methyl sites for hydroxylation is 2. The highest BCUT2D eigenvalue weighted by molar-refractivity contribution is 7.98. The molecule has 1 N–H and O–H groups in total. The van der Waals surface area contributed by atoms with Gasteiger partial charge in [0.2, 0.25) is 5.91 Å². The number of likely N-dealkylation sites (tertiary alicyclic amines) is 1. The van der Waals surface area contributed by atoms with Crippen LogP contribution in [0.1, 0.15) is 60.7 Å². The molecule has 1 fully saturated rings. The second-order valence-electron chi connectivity index (χ2n) is 10.1. The number of aliphatic carboxylic acids is 1. The van der Waals surface area contributed by atoms with Gasteiger partial charge in [-0.15, -0.1) is 11.8 Å². The fourth-order valence-electron chi connectivity index (χ4n) is 4.58. The maximum atomic E-state index is 13.6. The number of Topliss-reactive ketones (excluding diaryl/α,β-unsaturated/α-hetero) is 1. The molecule has 0 spiro atoms. The summed E-state index contributed by atoms with van der Waals surface area (Å²) in [5.74, 6) is -1.11. The Hall–Kier alpha value is -2.80. The number of carbonyl (C=O) groups is 3. The van der Waals surface area contributed by atoms with Crippen molar-refractivity contribution in [3.05, 3.63) is 58.7 Å². The van der Waals surface area contributed by atoms with Crippen molar-refractivity contribution in [2.24, 2.45) is 11.8 Å². The molecule has 2 atom stereocenters. The third kappa shape index (κ3) is 5.72. The van der Waals surface area contributed by atoms with Crippen molar-refractivity contribution in [3.8, 4) is 5.75 Å². The number of carboxylic acids is 1. The maximum Gasteiger partial charge on any atom is 0.347 e. The summed E-state index contributed by atoms with van der Waals surface area (Å²) in [4.78, 5) is 41.0. The zero-order valence-corrected chi connectivity index (χ0v) is 22.4. The summed E-state index contributed by atoms with van der Waals surface area (Å²) in [7, 11) is 0. The molecule has 2 aromatic carbocycles. The maximum absolute atomic E-state index is 13.6. The molecule has 1 aliphatic heterocycles. The van der Waals surface area contributed by atoms with Crippen molar-refractivity contribution in [3.63, 3.8) is 0 Å². The first-order valence-electron chi connectivity index (χ1n) is 11.9. The first-order valence-corrected chi connectivity index (χ1v) is 13.1.